The molecule has 2 N–H and O–H groups in total. The third-order valence-electron chi connectivity index (χ3n) is 3.96. The van der Waals surface area contributed by atoms with E-state index < -0.39 is 5.41 Å². The van der Waals surface area contributed by atoms with Crippen LogP contribution in [0.25, 0.3) is 0 Å². The summed E-state index contributed by atoms with van der Waals surface area (Å²) in [4.78, 5) is 24.5. The largest absolute Gasteiger partial charge is 0.352 e. The zero-order valence-corrected chi connectivity index (χ0v) is 12.1. The zero-order chi connectivity index (χ0) is 14.3. The number of amides is 2. The highest BCUT2D eigenvalue weighted by Gasteiger charge is 2.57. The van der Waals surface area contributed by atoms with Gasteiger partial charge in [0.05, 0.1) is 0 Å². The average Bonchev–Trinajstić information content (AvgIpc) is 3.25. The Bertz CT molecular complexity index is 577. The van der Waals surface area contributed by atoms with E-state index in [2.05, 4.69) is 10.6 Å². The van der Waals surface area contributed by atoms with E-state index >= 15 is 0 Å². The van der Waals surface area contributed by atoms with E-state index in [1.165, 1.54) is 0 Å². The van der Waals surface area contributed by atoms with Crippen LogP contribution in [0, 0.1) is 12.3 Å². The van der Waals surface area contributed by atoms with Crippen molar-refractivity contribution in [2.45, 2.75) is 38.6 Å². The molecule has 3 rings (SSSR count). The number of benzene rings is 1. The van der Waals surface area contributed by atoms with Gasteiger partial charge < -0.3 is 10.6 Å². The molecule has 4 nitrogen and oxygen atoms in total. The van der Waals surface area contributed by atoms with Gasteiger partial charge in [-0.1, -0.05) is 17.7 Å². The van der Waals surface area contributed by atoms with Crippen LogP contribution in [0.2, 0.25) is 5.02 Å². The summed E-state index contributed by atoms with van der Waals surface area (Å²) >= 11 is 6.04. The highest BCUT2D eigenvalue weighted by Crippen LogP contribution is 2.47. The lowest BCUT2D eigenvalue weighted by Gasteiger charge is -2.15. The summed E-state index contributed by atoms with van der Waals surface area (Å²) in [6.07, 6.45) is 3.29. The van der Waals surface area contributed by atoms with E-state index in [4.69, 9.17) is 11.6 Å². The molecule has 1 aromatic rings. The molecule has 1 aromatic carbocycles. The van der Waals surface area contributed by atoms with Crippen molar-refractivity contribution in [1.29, 1.82) is 0 Å². The maximum absolute atomic E-state index is 12.3. The van der Waals surface area contributed by atoms with Crippen molar-refractivity contribution in [3.63, 3.8) is 0 Å². The fraction of sp³-hybridized carbons (Fsp3) is 0.467. The van der Waals surface area contributed by atoms with Crippen LogP contribution in [0.3, 0.4) is 0 Å². The first-order valence-electron chi connectivity index (χ1n) is 6.90. The van der Waals surface area contributed by atoms with Crippen molar-refractivity contribution in [2.24, 2.45) is 5.41 Å². The number of hydrogen-bond acceptors (Lipinski definition) is 2. The minimum Gasteiger partial charge on any atom is -0.352 e. The molecule has 0 aliphatic heterocycles. The Morgan fingerprint density at radius 2 is 1.95 bits per heavy atom. The van der Waals surface area contributed by atoms with Crippen LogP contribution in [-0.4, -0.2) is 17.9 Å². The molecule has 0 aromatic heterocycles. The summed E-state index contributed by atoms with van der Waals surface area (Å²) in [7, 11) is 0. The van der Waals surface area contributed by atoms with E-state index in [0.717, 1.165) is 18.4 Å². The molecule has 0 radical (unpaired) electrons. The summed E-state index contributed by atoms with van der Waals surface area (Å²) < 4.78 is 0. The first kappa shape index (κ1) is 13.4. The van der Waals surface area contributed by atoms with Crippen molar-refractivity contribution in [3.05, 3.63) is 28.8 Å². The SMILES string of the molecule is Cc1ccc(NC(=O)C2(C(=O)NC3CC3)CC2)cc1Cl. The number of aryl methyl sites for hydroxylation is 1. The maximum Gasteiger partial charge on any atom is 0.240 e. The lowest BCUT2D eigenvalue weighted by atomic mass is 10.0. The van der Waals surface area contributed by atoms with E-state index in [1.54, 1.807) is 12.1 Å². The summed E-state index contributed by atoms with van der Waals surface area (Å²) in [5, 5.41) is 6.33. The second-order valence-electron chi connectivity index (χ2n) is 5.75. The summed E-state index contributed by atoms with van der Waals surface area (Å²) in [5.41, 5.74) is 0.730. The van der Waals surface area contributed by atoms with Crippen LogP contribution in [0.4, 0.5) is 5.69 Å². The van der Waals surface area contributed by atoms with Gasteiger partial charge in [0.15, 0.2) is 0 Å². The smallest absolute Gasteiger partial charge is 0.240 e. The Morgan fingerprint density at radius 1 is 1.25 bits per heavy atom. The van der Waals surface area contributed by atoms with Gasteiger partial charge >= 0.3 is 0 Å². The van der Waals surface area contributed by atoms with Gasteiger partial charge in [0, 0.05) is 16.8 Å². The van der Waals surface area contributed by atoms with Gasteiger partial charge in [0.2, 0.25) is 11.8 Å². The predicted molar refractivity (Wildman–Crippen MR) is 77.7 cm³/mol. The van der Waals surface area contributed by atoms with Gasteiger partial charge in [0.1, 0.15) is 5.41 Å². The third-order valence-corrected chi connectivity index (χ3v) is 4.37. The molecule has 2 aliphatic carbocycles. The fourth-order valence-electron chi connectivity index (χ4n) is 2.15. The molecule has 2 saturated carbocycles. The molecule has 0 spiro atoms. The molecule has 20 heavy (non-hydrogen) atoms. The number of carbonyl (C=O) groups excluding carboxylic acids is 2. The molecule has 2 fully saturated rings. The number of nitrogens with one attached hydrogen (secondary N) is 2. The molecule has 0 unspecified atom stereocenters. The number of rotatable bonds is 4. The summed E-state index contributed by atoms with van der Waals surface area (Å²) in [6.45, 7) is 1.90. The Balaban J connectivity index is 1.68. The van der Waals surface area contributed by atoms with Crippen LogP contribution in [0.1, 0.15) is 31.2 Å². The van der Waals surface area contributed by atoms with E-state index in [1.807, 2.05) is 13.0 Å². The molecule has 0 bridgehead atoms. The Labute approximate surface area is 122 Å². The monoisotopic (exact) mass is 292 g/mol. The van der Waals surface area contributed by atoms with Crippen LogP contribution in [0.15, 0.2) is 18.2 Å². The number of halogens is 1. The van der Waals surface area contributed by atoms with Crippen LogP contribution in [-0.2, 0) is 9.59 Å². The van der Waals surface area contributed by atoms with Gasteiger partial charge in [-0.25, -0.2) is 0 Å². The number of carbonyl (C=O) groups is 2. The van der Waals surface area contributed by atoms with Crippen molar-refractivity contribution < 1.29 is 9.59 Å². The highest BCUT2D eigenvalue weighted by atomic mass is 35.5. The fourth-order valence-corrected chi connectivity index (χ4v) is 2.34. The standard InChI is InChI=1S/C15H17ClN2O2/c1-9-2-3-11(8-12(9)16)18-14(20)15(6-7-15)13(19)17-10-4-5-10/h2-3,8,10H,4-7H2,1H3,(H,17,19)(H,18,20). The summed E-state index contributed by atoms with van der Waals surface area (Å²) in [5.74, 6) is -0.355. The van der Waals surface area contributed by atoms with Crippen molar-refractivity contribution in [1.82, 2.24) is 5.32 Å². The van der Waals surface area contributed by atoms with Crippen molar-refractivity contribution in [3.8, 4) is 0 Å². The second-order valence-corrected chi connectivity index (χ2v) is 6.16. The van der Waals surface area contributed by atoms with Gasteiger partial charge in [0.25, 0.3) is 0 Å². The van der Waals surface area contributed by atoms with Crippen LogP contribution >= 0.6 is 11.6 Å². The minimum absolute atomic E-state index is 0.129. The van der Waals surface area contributed by atoms with Crippen molar-refractivity contribution in [2.75, 3.05) is 5.32 Å². The normalized spacial score (nSPS) is 19.3. The van der Waals surface area contributed by atoms with E-state index in [0.29, 0.717) is 23.6 Å². The third kappa shape index (κ3) is 2.52. The molecule has 0 heterocycles. The lowest BCUT2D eigenvalue weighted by molar-refractivity contribution is -0.134. The number of hydrogen-bond donors (Lipinski definition) is 2. The van der Waals surface area contributed by atoms with Gasteiger partial charge in [-0.15, -0.1) is 0 Å². The van der Waals surface area contributed by atoms with Gasteiger partial charge in [-0.2, -0.15) is 0 Å². The molecule has 0 saturated heterocycles. The zero-order valence-electron chi connectivity index (χ0n) is 11.3. The topological polar surface area (TPSA) is 58.2 Å². The predicted octanol–water partition coefficient (Wildman–Crippen LogP) is 2.65. The first-order valence-corrected chi connectivity index (χ1v) is 7.28. The van der Waals surface area contributed by atoms with Gasteiger partial charge in [-0.05, 0) is 50.3 Å². The molecular formula is C15H17ClN2O2. The lowest BCUT2D eigenvalue weighted by Crippen LogP contribution is -2.40. The quantitative estimate of drug-likeness (QED) is 0.838. The number of anilines is 1. The van der Waals surface area contributed by atoms with Crippen LogP contribution < -0.4 is 10.6 Å². The molecule has 106 valence electrons. The van der Waals surface area contributed by atoms with Gasteiger partial charge in [-0.3, -0.25) is 9.59 Å². The molecule has 0 atom stereocenters. The highest BCUT2D eigenvalue weighted by molar-refractivity contribution is 6.31. The maximum atomic E-state index is 12.3. The minimum atomic E-state index is -0.861. The first-order chi connectivity index (χ1) is 9.51. The molecule has 2 amide bonds. The average molecular weight is 293 g/mol. The Kier molecular flexibility index (Phi) is 3.21. The Morgan fingerprint density at radius 3 is 2.50 bits per heavy atom. The molecule has 2 aliphatic rings. The molecule has 5 heteroatoms. The second kappa shape index (κ2) is 4.77. The van der Waals surface area contributed by atoms with E-state index in [9.17, 15) is 9.59 Å². The van der Waals surface area contributed by atoms with Crippen LogP contribution in [0.5, 0.6) is 0 Å². The Hall–Kier alpha value is -1.55. The summed E-state index contributed by atoms with van der Waals surface area (Å²) in [6, 6.07) is 5.64. The molecular weight excluding hydrogens is 276 g/mol. The van der Waals surface area contributed by atoms with Crippen molar-refractivity contribution >= 4 is 29.1 Å². The van der Waals surface area contributed by atoms with E-state index in [-0.39, 0.29) is 17.9 Å².